The lowest BCUT2D eigenvalue weighted by Crippen LogP contribution is -2.14. The zero-order valence-electron chi connectivity index (χ0n) is 18.5. The Morgan fingerprint density at radius 2 is 1.97 bits per heavy atom. The van der Waals surface area contributed by atoms with Crippen molar-refractivity contribution in [2.45, 2.75) is 46.5 Å². The van der Waals surface area contributed by atoms with E-state index in [0.29, 0.717) is 34.4 Å². The van der Waals surface area contributed by atoms with E-state index in [1.165, 1.54) is 19.6 Å². The molecule has 0 aromatic heterocycles. The van der Waals surface area contributed by atoms with Gasteiger partial charge in [-0.05, 0) is 55.7 Å². The molecule has 31 heavy (non-hydrogen) atoms. The molecule has 0 saturated carbocycles. The maximum Gasteiger partial charge on any atom is 0.266 e. The van der Waals surface area contributed by atoms with Gasteiger partial charge >= 0.3 is 0 Å². The fourth-order valence-corrected chi connectivity index (χ4v) is 3.40. The monoisotopic (exact) mass is 440 g/mol. The van der Waals surface area contributed by atoms with Gasteiger partial charge in [-0.2, -0.15) is 5.26 Å². The topological polar surface area (TPSA) is 71.3 Å². The van der Waals surface area contributed by atoms with Gasteiger partial charge in [0.1, 0.15) is 11.6 Å². The molecule has 0 aliphatic heterocycles. The highest BCUT2D eigenvalue weighted by Crippen LogP contribution is 2.37. The summed E-state index contributed by atoms with van der Waals surface area (Å²) in [6, 6.07) is 11.0. The minimum Gasteiger partial charge on any atom is -0.493 e. The third-order valence-corrected chi connectivity index (χ3v) is 5.08. The van der Waals surface area contributed by atoms with Crippen molar-refractivity contribution in [2.75, 3.05) is 19.0 Å². The zero-order valence-corrected chi connectivity index (χ0v) is 19.3. The van der Waals surface area contributed by atoms with Crippen LogP contribution in [0.25, 0.3) is 6.08 Å². The Bertz CT molecular complexity index is 993. The number of hydrogen-bond acceptors (Lipinski definition) is 4. The van der Waals surface area contributed by atoms with Gasteiger partial charge in [0.25, 0.3) is 5.91 Å². The number of methoxy groups -OCH3 is 1. The lowest BCUT2D eigenvalue weighted by molar-refractivity contribution is -0.112. The van der Waals surface area contributed by atoms with Crippen LogP contribution in [0, 0.1) is 25.2 Å². The van der Waals surface area contributed by atoms with E-state index >= 15 is 0 Å². The summed E-state index contributed by atoms with van der Waals surface area (Å²) in [5, 5.41) is 12.7. The van der Waals surface area contributed by atoms with Crippen molar-refractivity contribution in [3.63, 3.8) is 0 Å². The third kappa shape index (κ3) is 7.04. The van der Waals surface area contributed by atoms with E-state index < -0.39 is 5.91 Å². The molecule has 0 radical (unpaired) electrons. The predicted octanol–water partition coefficient (Wildman–Crippen LogP) is 6.47. The van der Waals surface area contributed by atoms with Crippen molar-refractivity contribution in [1.82, 2.24) is 0 Å². The van der Waals surface area contributed by atoms with Crippen LogP contribution in [0.15, 0.2) is 35.9 Å². The maximum atomic E-state index is 12.6. The lowest BCUT2D eigenvalue weighted by Gasteiger charge is -2.13. The molecular formula is C25H29ClN2O3. The first-order valence-corrected chi connectivity index (χ1v) is 10.8. The van der Waals surface area contributed by atoms with Crippen LogP contribution >= 0.6 is 11.6 Å². The molecule has 0 aliphatic rings. The normalized spacial score (nSPS) is 11.0. The standard InChI is InChI=1S/C25H29ClN2O3/c1-5-6-7-8-11-31-24-21(26)14-19(15-23(24)30-4)13-20(16-27)25(29)28-22-10-9-17(2)12-18(22)3/h9-10,12-15H,5-8,11H2,1-4H3,(H,28,29)/b20-13+. The molecule has 164 valence electrons. The second-order valence-electron chi connectivity index (χ2n) is 7.39. The van der Waals surface area contributed by atoms with Crippen molar-refractivity contribution in [3.05, 3.63) is 57.6 Å². The molecule has 0 spiro atoms. The SMILES string of the molecule is CCCCCCOc1c(Cl)cc(/C=C(\C#N)C(=O)Nc2ccc(C)cc2C)cc1OC. The van der Waals surface area contributed by atoms with Crippen LogP contribution in [0.3, 0.4) is 0 Å². The molecule has 1 N–H and O–H groups in total. The van der Waals surface area contributed by atoms with Gasteiger partial charge in [0.05, 0.1) is 18.7 Å². The summed E-state index contributed by atoms with van der Waals surface area (Å²) in [7, 11) is 1.53. The molecule has 1 amide bonds. The minimum atomic E-state index is -0.485. The summed E-state index contributed by atoms with van der Waals surface area (Å²) < 4.78 is 11.2. The highest BCUT2D eigenvalue weighted by molar-refractivity contribution is 6.32. The smallest absolute Gasteiger partial charge is 0.266 e. The predicted molar refractivity (Wildman–Crippen MR) is 126 cm³/mol. The molecule has 0 saturated heterocycles. The number of nitrogens with one attached hydrogen (secondary N) is 1. The van der Waals surface area contributed by atoms with Gasteiger partial charge in [-0.1, -0.05) is 55.5 Å². The van der Waals surface area contributed by atoms with Gasteiger partial charge in [0.2, 0.25) is 0 Å². The summed E-state index contributed by atoms with van der Waals surface area (Å²) in [5.74, 6) is 0.443. The molecule has 6 heteroatoms. The quantitative estimate of drug-likeness (QED) is 0.261. The second kappa shape index (κ2) is 12.0. The molecule has 2 rings (SSSR count). The second-order valence-corrected chi connectivity index (χ2v) is 7.79. The lowest BCUT2D eigenvalue weighted by atomic mass is 10.1. The molecule has 0 unspecified atom stereocenters. The number of unbranched alkanes of at least 4 members (excludes halogenated alkanes) is 3. The first-order valence-electron chi connectivity index (χ1n) is 10.4. The maximum absolute atomic E-state index is 12.6. The van der Waals surface area contributed by atoms with Crippen molar-refractivity contribution in [2.24, 2.45) is 0 Å². The number of nitriles is 1. The summed E-state index contributed by atoms with van der Waals surface area (Å²) in [4.78, 5) is 12.6. The summed E-state index contributed by atoms with van der Waals surface area (Å²) in [5.41, 5.74) is 3.23. The number of rotatable bonds is 10. The number of hydrogen-bond donors (Lipinski definition) is 1. The van der Waals surface area contributed by atoms with Gasteiger partial charge in [0, 0.05) is 5.69 Å². The summed E-state index contributed by atoms with van der Waals surface area (Å²) in [6.45, 7) is 6.59. The molecule has 2 aromatic carbocycles. The number of nitrogens with zero attached hydrogens (tertiary/aromatic N) is 1. The number of amides is 1. The molecule has 0 atom stereocenters. The van der Waals surface area contributed by atoms with E-state index in [-0.39, 0.29) is 5.57 Å². The molecule has 2 aromatic rings. The number of benzene rings is 2. The van der Waals surface area contributed by atoms with E-state index in [1.54, 1.807) is 12.1 Å². The molecule has 0 heterocycles. The Balaban J connectivity index is 2.20. The summed E-state index contributed by atoms with van der Waals surface area (Å²) >= 11 is 6.41. The fraction of sp³-hybridized carbons (Fsp3) is 0.360. The molecule has 0 fully saturated rings. The van der Waals surface area contributed by atoms with Gasteiger partial charge in [-0.3, -0.25) is 4.79 Å². The van der Waals surface area contributed by atoms with Crippen molar-refractivity contribution in [1.29, 1.82) is 5.26 Å². The van der Waals surface area contributed by atoms with Gasteiger partial charge in [0.15, 0.2) is 11.5 Å². The number of aryl methyl sites for hydroxylation is 2. The molecular weight excluding hydrogens is 412 g/mol. The Hall–Kier alpha value is -2.97. The van der Waals surface area contributed by atoms with Crippen LogP contribution in [0.4, 0.5) is 5.69 Å². The van der Waals surface area contributed by atoms with E-state index in [4.69, 9.17) is 21.1 Å². The fourth-order valence-electron chi connectivity index (χ4n) is 3.13. The number of ether oxygens (including phenoxy) is 2. The van der Waals surface area contributed by atoms with Crippen LogP contribution < -0.4 is 14.8 Å². The van der Waals surface area contributed by atoms with Crippen molar-refractivity contribution in [3.8, 4) is 17.6 Å². The molecule has 0 aliphatic carbocycles. The largest absolute Gasteiger partial charge is 0.493 e. The number of halogens is 1. The first kappa shape index (κ1) is 24.3. The van der Waals surface area contributed by atoms with Crippen LogP contribution in [0.1, 0.15) is 49.3 Å². The van der Waals surface area contributed by atoms with Gasteiger partial charge in [-0.15, -0.1) is 0 Å². The average molecular weight is 441 g/mol. The van der Waals surface area contributed by atoms with Crippen LogP contribution in [-0.4, -0.2) is 19.6 Å². The van der Waals surface area contributed by atoms with Crippen LogP contribution in [0.2, 0.25) is 5.02 Å². The Labute approximate surface area is 189 Å². The number of anilines is 1. The highest BCUT2D eigenvalue weighted by Gasteiger charge is 2.15. The van der Waals surface area contributed by atoms with Crippen molar-refractivity contribution < 1.29 is 14.3 Å². The number of carbonyl (C=O) groups excluding carboxylic acids is 1. The third-order valence-electron chi connectivity index (χ3n) is 4.80. The Morgan fingerprint density at radius 3 is 2.61 bits per heavy atom. The van der Waals surface area contributed by atoms with E-state index in [1.807, 2.05) is 38.1 Å². The molecule has 0 bridgehead atoms. The van der Waals surface area contributed by atoms with Crippen molar-refractivity contribution >= 4 is 29.3 Å². The number of carbonyl (C=O) groups is 1. The van der Waals surface area contributed by atoms with Gasteiger partial charge < -0.3 is 14.8 Å². The van der Waals surface area contributed by atoms with Crippen LogP contribution in [0.5, 0.6) is 11.5 Å². The van der Waals surface area contributed by atoms with E-state index in [2.05, 4.69) is 12.2 Å². The first-order chi connectivity index (χ1) is 14.9. The highest BCUT2D eigenvalue weighted by atomic mass is 35.5. The minimum absolute atomic E-state index is 0.0358. The molecule has 5 nitrogen and oxygen atoms in total. The Kier molecular flexibility index (Phi) is 9.42. The summed E-state index contributed by atoms with van der Waals surface area (Å²) in [6.07, 6.45) is 5.84. The Morgan fingerprint density at radius 1 is 1.19 bits per heavy atom. The van der Waals surface area contributed by atoms with Crippen LogP contribution in [-0.2, 0) is 4.79 Å². The average Bonchev–Trinajstić information content (AvgIpc) is 2.74. The van der Waals surface area contributed by atoms with E-state index in [0.717, 1.165) is 30.4 Å². The van der Waals surface area contributed by atoms with Gasteiger partial charge in [-0.25, -0.2) is 0 Å². The zero-order chi connectivity index (χ0) is 22.8. The van der Waals surface area contributed by atoms with E-state index in [9.17, 15) is 10.1 Å².